The molecule has 0 fully saturated rings. The zero-order valence-corrected chi connectivity index (χ0v) is 13.8. The van der Waals surface area contributed by atoms with Gasteiger partial charge in [-0.1, -0.05) is 19.9 Å². The maximum Gasteiger partial charge on any atom is 0.414 e. The molecule has 6 nitrogen and oxygen atoms in total. The topological polar surface area (TPSA) is 80.3 Å². The highest BCUT2D eigenvalue weighted by atomic mass is 16.6. The second kappa shape index (κ2) is 7.89. The van der Waals surface area contributed by atoms with Crippen LogP contribution in [0.4, 0.5) is 4.79 Å². The Kier molecular flexibility index (Phi) is 6.49. The number of aromatic nitrogens is 1. The monoisotopic (exact) mass is 307 g/mol. The highest BCUT2D eigenvalue weighted by Gasteiger charge is 2.25. The van der Waals surface area contributed by atoms with Crippen molar-refractivity contribution in [2.24, 2.45) is 5.92 Å². The lowest BCUT2D eigenvalue weighted by Crippen LogP contribution is -2.49. The third-order valence-electron chi connectivity index (χ3n) is 2.82. The fourth-order valence-corrected chi connectivity index (χ4v) is 1.84. The molecule has 0 radical (unpaired) electrons. The van der Waals surface area contributed by atoms with Crippen molar-refractivity contribution in [3.8, 4) is 0 Å². The van der Waals surface area contributed by atoms with Gasteiger partial charge in [0, 0.05) is 18.9 Å². The minimum Gasteiger partial charge on any atom is -0.444 e. The number of hydrogen-bond donors (Lipinski definition) is 2. The summed E-state index contributed by atoms with van der Waals surface area (Å²) in [6.07, 6.45) is 2.70. The molecule has 0 spiro atoms. The van der Waals surface area contributed by atoms with E-state index in [1.54, 1.807) is 33.2 Å². The Morgan fingerprint density at radius 1 is 1.32 bits per heavy atom. The number of carbonyl (C=O) groups is 2. The number of nitrogens with zero attached hydrogens (tertiary/aromatic N) is 1. The summed E-state index contributed by atoms with van der Waals surface area (Å²) in [6, 6.07) is 3.26. The van der Waals surface area contributed by atoms with E-state index in [4.69, 9.17) is 4.74 Å². The van der Waals surface area contributed by atoms with Gasteiger partial charge in [0.2, 0.25) is 5.91 Å². The van der Waals surface area contributed by atoms with Crippen molar-refractivity contribution < 1.29 is 14.3 Å². The normalized spacial score (nSPS) is 12.8. The molecule has 0 aliphatic heterocycles. The average Bonchev–Trinajstić information content (AvgIpc) is 2.37. The van der Waals surface area contributed by atoms with Crippen molar-refractivity contribution in [3.63, 3.8) is 0 Å². The Morgan fingerprint density at radius 3 is 2.50 bits per heavy atom. The van der Waals surface area contributed by atoms with Crippen LogP contribution in [0.1, 0.15) is 40.2 Å². The number of nitrogens with one attached hydrogen (secondary N) is 2. The Morgan fingerprint density at radius 2 is 2.00 bits per heavy atom. The van der Waals surface area contributed by atoms with Gasteiger partial charge in [0.1, 0.15) is 5.60 Å². The van der Waals surface area contributed by atoms with Crippen LogP contribution < -0.4 is 10.6 Å². The molecule has 2 N–H and O–H groups in total. The van der Waals surface area contributed by atoms with Gasteiger partial charge in [0.15, 0.2) is 0 Å². The van der Waals surface area contributed by atoms with Gasteiger partial charge >= 0.3 is 6.09 Å². The number of pyridine rings is 1. The lowest BCUT2D eigenvalue weighted by Gasteiger charge is -2.23. The Balaban J connectivity index is 2.59. The van der Waals surface area contributed by atoms with Crippen molar-refractivity contribution in [1.82, 2.24) is 15.6 Å². The van der Waals surface area contributed by atoms with Gasteiger partial charge in [-0.3, -0.25) is 15.1 Å². The van der Waals surface area contributed by atoms with E-state index in [1.165, 1.54) is 0 Å². The molecule has 1 heterocycles. The molecule has 0 saturated heterocycles. The first-order valence-electron chi connectivity index (χ1n) is 7.35. The van der Waals surface area contributed by atoms with E-state index in [0.29, 0.717) is 6.54 Å². The third-order valence-corrected chi connectivity index (χ3v) is 2.82. The molecule has 122 valence electrons. The van der Waals surface area contributed by atoms with E-state index in [0.717, 1.165) is 5.56 Å². The van der Waals surface area contributed by atoms with E-state index < -0.39 is 23.6 Å². The highest BCUT2D eigenvalue weighted by Crippen LogP contribution is 2.08. The Hall–Kier alpha value is -1.95. The molecule has 0 aromatic carbocycles. The molecular weight excluding hydrogens is 282 g/mol. The van der Waals surface area contributed by atoms with Gasteiger partial charge in [0.25, 0.3) is 0 Å². The lowest BCUT2D eigenvalue weighted by atomic mass is 10.0. The standard InChI is InChI=1S/C16H25N3O3/c1-11(2)13(18-10-12-7-6-8-17-9-12)14(20)19-15(21)22-16(3,4)5/h6-9,11,13,18H,10H2,1-5H3,(H,19,20,21)/t13-/m0/s1. The minimum atomic E-state index is -0.730. The zero-order chi connectivity index (χ0) is 16.8. The first-order chi connectivity index (χ1) is 10.2. The predicted octanol–water partition coefficient (Wildman–Crippen LogP) is 2.25. The summed E-state index contributed by atoms with van der Waals surface area (Å²) in [7, 11) is 0. The van der Waals surface area contributed by atoms with Gasteiger partial charge in [-0.05, 0) is 38.3 Å². The second-order valence-electron chi connectivity index (χ2n) is 6.46. The number of ether oxygens (including phenoxy) is 1. The van der Waals surface area contributed by atoms with Crippen LogP contribution in [0, 0.1) is 5.92 Å². The number of hydrogen-bond acceptors (Lipinski definition) is 5. The molecule has 0 unspecified atom stereocenters. The van der Waals surface area contributed by atoms with Crippen molar-refractivity contribution >= 4 is 12.0 Å². The van der Waals surface area contributed by atoms with Crippen LogP contribution in [0.5, 0.6) is 0 Å². The molecule has 0 bridgehead atoms. The van der Waals surface area contributed by atoms with E-state index >= 15 is 0 Å². The number of imide groups is 1. The average molecular weight is 307 g/mol. The molecule has 2 amide bonds. The highest BCUT2D eigenvalue weighted by molar-refractivity contribution is 5.95. The molecule has 0 aliphatic carbocycles. The number of rotatable bonds is 5. The summed E-state index contributed by atoms with van der Waals surface area (Å²) < 4.78 is 5.09. The molecule has 1 rings (SSSR count). The molecule has 0 aliphatic rings. The van der Waals surface area contributed by atoms with Crippen LogP contribution in [0.15, 0.2) is 24.5 Å². The molecule has 0 saturated carbocycles. The van der Waals surface area contributed by atoms with E-state index in [2.05, 4.69) is 15.6 Å². The van der Waals surface area contributed by atoms with Gasteiger partial charge in [-0.2, -0.15) is 0 Å². The molecule has 6 heteroatoms. The smallest absolute Gasteiger partial charge is 0.414 e. The minimum absolute atomic E-state index is 0.0270. The zero-order valence-electron chi connectivity index (χ0n) is 13.8. The summed E-state index contributed by atoms with van der Waals surface area (Å²) in [5.41, 5.74) is 0.333. The Bertz CT molecular complexity index is 495. The largest absolute Gasteiger partial charge is 0.444 e. The van der Waals surface area contributed by atoms with Crippen LogP contribution >= 0.6 is 0 Å². The summed E-state index contributed by atoms with van der Waals surface area (Å²) in [5.74, 6) is -0.368. The van der Waals surface area contributed by atoms with Crippen molar-refractivity contribution in [2.75, 3.05) is 0 Å². The maximum atomic E-state index is 12.2. The van der Waals surface area contributed by atoms with Gasteiger partial charge in [0.05, 0.1) is 6.04 Å². The first kappa shape index (κ1) is 18.1. The SMILES string of the molecule is CC(C)[C@H](NCc1cccnc1)C(=O)NC(=O)OC(C)(C)C. The van der Waals surface area contributed by atoms with Gasteiger partial charge in [-0.15, -0.1) is 0 Å². The van der Waals surface area contributed by atoms with Crippen LogP contribution in [-0.4, -0.2) is 28.6 Å². The van der Waals surface area contributed by atoms with Crippen molar-refractivity contribution in [3.05, 3.63) is 30.1 Å². The van der Waals surface area contributed by atoms with Crippen LogP contribution in [-0.2, 0) is 16.1 Å². The van der Waals surface area contributed by atoms with Gasteiger partial charge in [-0.25, -0.2) is 4.79 Å². The summed E-state index contributed by atoms with van der Waals surface area (Å²) >= 11 is 0. The predicted molar refractivity (Wildman–Crippen MR) is 84.1 cm³/mol. The number of amides is 2. The van der Waals surface area contributed by atoms with Crippen LogP contribution in [0.3, 0.4) is 0 Å². The molecular formula is C16H25N3O3. The van der Waals surface area contributed by atoms with Crippen molar-refractivity contribution in [2.45, 2.75) is 52.8 Å². The summed E-state index contributed by atoms with van der Waals surface area (Å²) in [4.78, 5) is 27.9. The van der Waals surface area contributed by atoms with Crippen molar-refractivity contribution in [1.29, 1.82) is 0 Å². The molecule has 1 aromatic heterocycles. The van der Waals surface area contributed by atoms with E-state index in [9.17, 15) is 9.59 Å². The third kappa shape index (κ3) is 6.67. The Labute approximate surface area is 131 Å². The van der Waals surface area contributed by atoms with Crippen LogP contribution in [0.25, 0.3) is 0 Å². The summed E-state index contributed by atoms with van der Waals surface area (Å²) in [5, 5.41) is 5.42. The number of carbonyl (C=O) groups excluding carboxylic acids is 2. The first-order valence-corrected chi connectivity index (χ1v) is 7.35. The molecule has 1 atom stereocenters. The summed E-state index contributed by atoms with van der Waals surface area (Å²) in [6.45, 7) is 9.57. The van der Waals surface area contributed by atoms with Crippen LogP contribution in [0.2, 0.25) is 0 Å². The quantitative estimate of drug-likeness (QED) is 0.872. The fourth-order valence-electron chi connectivity index (χ4n) is 1.84. The molecule has 22 heavy (non-hydrogen) atoms. The van der Waals surface area contributed by atoms with Gasteiger partial charge < -0.3 is 10.1 Å². The van der Waals surface area contributed by atoms with E-state index in [1.807, 2.05) is 26.0 Å². The maximum absolute atomic E-state index is 12.2. The lowest BCUT2D eigenvalue weighted by molar-refractivity contribution is -0.123. The molecule has 1 aromatic rings. The number of alkyl carbamates (subject to hydrolysis) is 1. The van der Waals surface area contributed by atoms with E-state index in [-0.39, 0.29) is 5.92 Å². The second-order valence-corrected chi connectivity index (χ2v) is 6.46. The fraction of sp³-hybridized carbons (Fsp3) is 0.562.